The zero-order valence-corrected chi connectivity index (χ0v) is 10.1. The molecule has 5 nitrogen and oxygen atoms in total. The van der Waals surface area contributed by atoms with E-state index in [0.29, 0.717) is 26.0 Å². The van der Waals surface area contributed by atoms with Crippen molar-refractivity contribution in [2.75, 3.05) is 18.5 Å². The molecule has 0 unspecified atom stereocenters. The monoisotopic (exact) mass is 248 g/mol. The molecule has 0 saturated heterocycles. The first-order chi connectivity index (χ1) is 8.69. The van der Waals surface area contributed by atoms with Crippen LogP contribution >= 0.6 is 0 Å². The molecule has 0 aliphatic carbocycles. The van der Waals surface area contributed by atoms with Gasteiger partial charge < -0.3 is 15.8 Å². The van der Waals surface area contributed by atoms with Crippen LogP contribution in [0, 0.1) is 0 Å². The van der Waals surface area contributed by atoms with E-state index < -0.39 is 0 Å². The van der Waals surface area contributed by atoms with Gasteiger partial charge in [0.2, 0.25) is 5.91 Å². The summed E-state index contributed by atoms with van der Waals surface area (Å²) >= 11 is 0. The molecule has 0 radical (unpaired) electrons. The molecule has 0 aromatic heterocycles. The highest BCUT2D eigenvalue weighted by Crippen LogP contribution is 2.23. The van der Waals surface area contributed by atoms with Crippen molar-refractivity contribution >= 4 is 17.6 Å². The standard InChI is InChI=1S/C13H16N2O3/c14-5-3-13(17)18-6-4-9-1-2-11-10(7-9)8-12(16)15-11/h1-2,7H,3-6,8,14H2,(H,15,16). The van der Waals surface area contributed by atoms with Crippen molar-refractivity contribution in [3.8, 4) is 0 Å². The number of nitrogens with two attached hydrogens (primary N) is 1. The minimum Gasteiger partial charge on any atom is -0.465 e. The maximum Gasteiger partial charge on any atom is 0.307 e. The number of carbonyl (C=O) groups is 2. The summed E-state index contributed by atoms with van der Waals surface area (Å²) in [5, 5.41) is 2.78. The molecule has 1 amide bonds. The lowest BCUT2D eigenvalue weighted by atomic mass is 10.1. The van der Waals surface area contributed by atoms with E-state index in [1.165, 1.54) is 0 Å². The molecule has 1 aliphatic rings. The Labute approximate surface area is 105 Å². The molecule has 3 N–H and O–H groups in total. The number of benzene rings is 1. The van der Waals surface area contributed by atoms with Gasteiger partial charge in [-0.15, -0.1) is 0 Å². The van der Waals surface area contributed by atoms with Crippen LogP contribution in [0.1, 0.15) is 17.5 Å². The first-order valence-electron chi connectivity index (χ1n) is 5.96. The number of amides is 1. The number of hydrogen-bond acceptors (Lipinski definition) is 4. The number of hydrogen-bond donors (Lipinski definition) is 2. The minimum atomic E-state index is -0.268. The third-order valence-electron chi connectivity index (χ3n) is 2.80. The summed E-state index contributed by atoms with van der Waals surface area (Å²) in [5.74, 6) is -0.243. The summed E-state index contributed by atoms with van der Waals surface area (Å²) in [6.45, 7) is 0.657. The number of fused-ring (bicyclic) bond motifs is 1. The predicted octanol–water partition coefficient (Wildman–Crippen LogP) is 0.616. The van der Waals surface area contributed by atoms with Gasteiger partial charge in [-0.25, -0.2) is 0 Å². The molecule has 18 heavy (non-hydrogen) atoms. The Morgan fingerprint density at radius 1 is 1.44 bits per heavy atom. The summed E-state index contributed by atoms with van der Waals surface area (Å²) in [4.78, 5) is 22.3. The molecule has 0 bridgehead atoms. The third kappa shape index (κ3) is 3.07. The normalized spacial score (nSPS) is 13.1. The summed E-state index contributed by atoms with van der Waals surface area (Å²) in [6.07, 6.45) is 1.33. The van der Waals surface area contributed by atoms with Gasteiger partial charge in [-0.05, 0) is 17.2 Å². The van der Waals surface area contributed by atoms with E-state index in [4.69, 9.17) is 10.5 Å². The Balaban J connectivity index is 1.86. The Bertz CT molecular complexity index is 471. The van der Waals surface area contributed by atoms with E-state index in [2.05, 4.69) is 5.32 Å². The topological polar surface area (TPSA) is 81.4 Å². The summed E-state index contributed by atoms with van der Waals surface area (Å²) < 4.78 is 5.03. The lowest BCUT2D eigenvalue weighted by molar-refractivity contribution is -0.143. The fourth-order valence-electron chi connectivity index (χ4n) is 1.91. The van der Waals surface area contributed by atoms with Gasteiger partial charge in [0.05, 0.1) is 19.4 Å². The Morgan fingerprint density at radius 3 is 3.06 bits per heavy atom. The van der Waals surface area contributed by atoms with Crippen molar-refractivity contribution in [1.29, 1.82) is 0 Å². The molecule has 1 aromatic carbocycles. The molecular formula is C13H16N2O3. The second-order valence-electron chi connectivity index (χ2n) is 4.23. The SMILES string of the molecule is NCCC(=O)OCCc1ccc2c(c1)CC(=O)N2. The van der Waals surface area contributed by atoms with Gasteiger partial charge >= 0.3 is 5.97 Å². The van der Waals surface area contributed by atoms with Crippen LogP contribution in [0.15, 0.2) is 18.2 Å². The maximum absolute atomic E-state index is 11.2. The Kier molecular flexibility index (Phi) is 3.94. The van der Waals surface area contributed by atoms with Gasteiger partial charge in [0.25, 0.3) is 0 Å². The zero-order chi connectivity index (χ0) is 13.0. The average molecular weight is 248 g/mol. The van der Waals surface area contributed by atoms with Crippen molar-refractivity contribution in [2.24, 2.45) is 5.73 Å². The molecule has 1 heterocycles. The molecular weight excluding hydrogens is 232 g/mol. The smallest absolute Gasteiger partial charge is 0.307 e. The molecule has 0 saturated carbocycles. The summed E-state index contributed by atoms with van der Waals surface area (Å²) in [7, 11) is 0. The van der Waals surface area contributed by atoms with Crippen LogP contribution in [0.2, 0.25) is 0 Å². The molecule has 0 spiro atoms. The first kappa shape index (κ1) is 12.6. The van der Waals surface area contributed by atoms with E-state index >= 15 is 0 Å². The van der Waals surface area contributed by atoms with E-state index in [9.17, 15) is 9.59 Å². The van der Waals surface area contributed by atoms with E-state index in [-0.39, 0.29) is 18.3 Å². The zero-order valence-electron chi connectivity index (χ0n) is 10.1. The van der Waals surface area contributed by atoms with Gasteiger partial charge in [-0.3, -0.25) is 9.59 Å². The van der Waals surface area contributed by atoms with Crippen molar-refractivity contribution < 1.29 is 14.3 Å². The molecule has 1 aromatic rings. The van der Waals surface area contributed by atoms with Gasteiger partial charge in [0.15, 0.2) is 0 Å². The van der Waals surface area contributed by atoms with Crippen LogP contribution in [-0.2, 0) is 27.2 Å². The Morgan fingerprint density at radius 2 is 2.28 bits per heavy atom. The maximum atomic E-state index is 11.2. The van der Waals surface area contributed by atoms with E-state index in [1.54, 1.807) is 0 Å². The fourth-order valence-corrected chi connectivity index (χ4v) is 1.91. The van der Waals surface area contributed by atoms with Crippen LogP contribution in [0.5, 0.6) is 0 Å². The highest BCUT2D eigenvalue weighted by Gasteiger charge is 2.17. The van der Waals surface area contributed by atoms with Crippen molar-refractivity contribution in [3.63, 3.8) is 0 Å². The van der Waals surface area contributed by atoms with Crippen LogP contribution in [-0.4, -0.2) is 25.0 Å². The van der Waals surface area contributed by atoms with Crippen molar-refractivity contribution in [3.05, 3.63) is 29.3 Å². The minimum absolute atomic E-state index is 0.0246. The van der Waals surface area contributed by atoms with Crippen LogP contribution in [0.3, 0.4) is 0 Å². The van der Waals surface area contributed by atoms with Gasteiger partial charge in [-0.2, -0.15) is 0 Å². The van der Waals surface area contributed by atoms with Gasteiger partial charge in [0.1, 0.15) is 0 Å². The predicted molar refractivity (Wildman–Crippen MR) is 67.1 cm³/mol. The van der Waals surface area contributed by atoms with Crippen molar-refractivity contribution in [1.82, 2.24) is 0 Å². The highest BCUT2D eigenvalue weighted by molar-refractivity contribution is 5.99. The van der Waals surface area contributed by atoms with Crippen LogP contribution in [0.25, 0.3) is 0 Å². The molecule has 96 valence electrons. The molecule has 2 rings (SSSR count). The lowest BCUT2D eigenvalue weighted by Gasteiger charge is -2.05. The van der Waals surface area contributed by atoms with Gasteiger partial charge in [0, 0.05) is 18.7 Å². The highest BCUT2D eigenvalue weighted by atomic mass is 16.5. The van der Waals surface area contributed by atoms with E-state index in [1.807, 2.05) is 18.2 Å². The summed E-state index contributed by atoms with van der Waals surface area (Å²) in [6, 6.07) is 5.79. The number of nitrogens with one attached hydrogen (secondary N) is 1. The number of ether oxygens (including phenoxy) is 1. The van der Waals surface area contributed by atoms with Crippen LogP contribution < -0.4 is 11.1 Å². The van der Waals surface area contributed by atoms with Crippen LogP contribution in [0.4, 0.5) is 5.69 Å². The van der Waals surface area contributed by atoms with Crippen molar-refractivity contribution in [2.45, 2.75) is 19.3 Å². The Hall–Kier alpha value is -1.88. The molecule has 0 fully saturated rings. The third-order valence-corrected chi connectivity index (χ3v) is 2.80. The molecule has 1 aliphatic heterocycles. The largest absolute Gasteiger partial charge is 0.465 e. The quantitative estimate of drug-likeness (QED) is 0.748. The number of anilines is 1. The number of rotatable bonds is 5. The van der Waals surface area contributed by atoms with Gasteiger partial charge in [-0.1, -0.05) is 12.1 Å². The molecule has 0 atom stereocenters. The average Bonchev–Trinajstić information content (AvgIpc) is 2.69. The first-order valence-corrected chi connectivity index (χ1v) is 5.96. The summed E-state index contributed by atoms with van der Waals surface area (Å²) in [5.41, 5.74) is 8.19. The lowest BCUT2D eigenvalue weighted by Crippen LogP contribution is -2.12. The molecule has 5 heteroatoms. The second kappa shape index (κ2) is 5.64. The number of carbonyl (C=O) groups excluding carboxylic acids is 2. The van der Waals surface area contributed by atoms with E-state index in [0.717, 1.165) is 16.8 Å². The number of esters is 1. The second-order valence-corrected chi connectivity index (χ2v) is 4.23. The fraction of sp³-hybridized carbons (Fsp3) is 0.385.